The van der Waals surface area contributed by atoms with E-state index in [0.29, 0.717) is 0 Å². The summed E-state index contributed by atoms with van der Waals surface area (Å²) in [6, 6.07) is 0.731. The van der Waals surface area contributed by atoms with Crippen LogP contribution in [-0.2, 0) is 5.75 Å². The fourth-order valence-corrected chi connectivity index (χ4v) is 2.60. The fraction of sp³-hybridized carbons (Fsp3) is 0.727. The molecule has 0 unspecified atom stereocenters. The number of hydrogen-bond donors (Lipinski definition) is 1. The first-order valence-corrected chi connectivity index (χ1v) is 6.59. The molecule has 84 valence electrons. The molecule has 0 bridgehead atoms. The van der Waals surface area contributed by atoms with Crippen molar-refractivity contribution in [2.75, 3.05) is 5.75 Å². The lowest BCUT2D eigenvalue weighted by Crippen LogP contribution is -2.34. The number of rotatable bonds is 5. The molecule has 0 saturated heterocycles. The van der Waals surface area contributed by atoms with Gasteiger partial charge in [0.2, 0.25) is 0 Å². The van der Waals surface area contributed by atoms with E-state index in [4.69, 9.17) is 5.73 Å². The number of aromatic nitrogens is 2. The Labute approximate surface area is 95.4 Å². The van der Waals surface area contributed by atoms with Crippen LogP contribution in [0, 0.1) is 0 Å². The molecule has 1 aliphatic rings. The maximum absolute atomic E-state index is 5.94. The molecule has 0 spiro atoms. The molecule has 4 heteroatoms. The summed E-state index contributed by atoms with van der Waals surface area (Å²) in [5, 5.41) is 0. The Morgan fingerprint density at radius 1 is 1.60 bits per heavy atom. The highest BCUT2D eigenvalue weighted by atomic mass is 32.2. The van der Waals surface area contributed by atoms with Gasteiger partial charge in [0.15, 0.2) is 0 Å². The third-order valence-electron chi connectivity index (χ3n) is 2.41. The SMILES string of the molecule is CC(C)(N)CSCc1cncn1C1CC1. The van der Waals surface area contributed by atoms with Gasteiger partial charge in [0.05, 0.1) is 6.33 Å². The second-order valence-corrected chi connectivity index (χ2v) is 5.99. The van der Waals surface area contributed by atoms with Crippen LogP contribution < -0.4 is 5.73 Å². The third kappa shape index (κ3) is 3.24. The smallest absolute Gasteiger partial charge is 0.0951 e. The van der Waals surface area contributed by atoms with E-state index in [1.807, 2.05) is 24.3 Å². The van der Waals surface area contributed by atoms with E-state index in [-0.39, 0.29) is 5.54 Å². The minimum atomic E-state index is -0.0743. The van der Waals surface area contributed by atoms with E-state index in [0.717, 1.165) is 17.5 Å². The van der Waals surface area contributed by atoms with Crippen LogP contribution in [-0.4, -0.2) is 20.8 Å². The summed E-state index contributed by atoms with van der Waals surface area (Å²) in [6.07, 6.45) is 6.57. The van der Waals surface area contributed by atoms with Gasteiger partial charge in [0, 0.05) is 35.0 Å². The second kappa shape index (κ2) is 4.18. The first-order chi connectivity index (χ1) is 7.06. The molecule has 0 aliphatic heterocycles. The van der Waals surface area contributed by atoms with Crippen molar-refractivity contribution in [2.45, 2.75) is 44.0 Å². The summed E-state index contributed by atoms with van der Waals surface area (Å²) < 4.78 is 2.32. The maximum atomic E-state index is 5.94. The van der Waals surface area contributed by atoms with Crippen molar-refractivity contribution >= 4 is 11.8 Å². The second-order valence-electron chi connectivity index (χ2n) is 5.00. The average Bonchev–Trinajstić information content (AvgIpc) is 2.86. The first kappa shape index (κ1) is 11.0. The van der Waals surface area contributed by atoms with Crippen molar-refractivity contribution in [1.82, 2.24) is 9.55 Å². The van der Waals surface area contributed by atoms with Gasteiger partial charge in [0.1, 0.15) is 0 Å². The average molecular weight is 225 g/mol. The molecule has 15 heavy (non-hydrogen) atoms. The molecular formula is C11H19N3S. The zero-order valence-corrected chi connectivity index (χ0v) is 10.3. The molecule has 1 heterocycles. The zero-order valence-electron chi connectivity index (χ0n) is 9.44. The molecule has 1 aliphatic carbocycles. The quantitative estimate of drug-likeness (QED) is 0.835. The van der Waals surface area contributed by atoms with Gasteiger partial charge in [-0.05, 0) is 26.7 Å². The van der Waals surface area contributed by atoms with Crippen LogP contribution in [0.1, 0.15) is 38.4 Å². The van der Waals surface area contributed by atoms with Crippen molar-refractivity contribution in [1.29, 1.82) is 0 Å². The summed E-state index contributed by atoms with van der Waals surface area (Å²) in [6.45, 7) is 4.14. The lowest BCUT2D eigenvalue weighted by Gasteiger charge is -2.17. The van der Waals surface area contributed by atoms with Gasteiger partial charge in [-0.25, -0.2) is 4.98 Å². The van der Waals surface area contributed by atoms with E-state index in [1.165, 1.54) is 18.5 Å². The Kier molecular flexibility index (Phi) is 3.07. The van der Waals surface area contributed by atoms with E-state index < -0.39 is 0 Å². The van der Waals surface area contributed by atoms with Gasteiger partial charge >= 0.3 is 0 Å². The fourth-order valence-electron chi connectivity index (χ4n) is 1.54. The molecule has 1 saturated carbocycles. The Bertz CT molecular complexity index is 323. The zero-order chi connectivity index (χ0) is 10.9. The molecule has 2 N–H and O–H groups in total. The summed E-state index contributed by atoms with van der Waals surface area (Å²) in [7, 11) is 0. The Morgan fingerprint density at radius 3 is 2.93 bits per heavy atom. The minimum absolute atomic E-state index is 0.0743. The normalized spacial score (nSPS) is 17.0. The van der Waals surface area contributed by atoms with Crippen LogP contribution >= 0.6 is 11.8 Å². The number of imidazole rings is 1. The number of thioether (sulfide) groups is 1. The lowest BCUT2D eigenvalue weighted by atomic mass is 10.1. The molecule has 0 amide bonds. The molecule has 1 aromatic heterocycles. The minimum Gasteiger partial charge on any atom is -0.331 e. The van der Waals surface area contributed by atoms with Gasteiger partial charge in [-0.2, -0.15) is 11.8 Å². The van der Waals surface area contributed by atoms with E-state index >= 15 is 0 Å². The highest BCUT2D eigenvalue weighted by Gasteiger charge is 2.25. The van der Waals surface area contributed by atoms with Crippen molar-refractivity contribution in [2.24, 2.45) is 5.73 Å². The molecule has 1 fully saturated rings. The highest BCUT2D eigenvalue weighted by molar-refractivity contribution is 7.98. The predicted octanol–water partition coefficient (Wildman–Crippen LogP) is 2.19. The van der Waals surface area contributed by atoms with Gasteiger partial charge in [0.25, 0.3) is 0 Å². The van der Waals surface area contributed by atoms with E-state index in [1.54, 1.807) is 0 Å². The first-order valence-electron chi connectivity index (χ1n) is 5.43. The molecule has 1 aromatic rings. The molecular weight excluding hydrogens is 206 g/mol. The van der Waals surface area contributed by atoms with Crippen LogP contribution in [0.4, 0.5) is 0 Å². The molecule has 0 atom stereocenters. The number of hydrogen-bond acceptors (Lipinski definition) is 3. The topological polar surface area (TPSA) is 43.8 Å². The van der Waals surface area contributed by atoms with Crippen molar-refractivity contribution in [3.63, 3.8) is 0 Å². The molecule has 2 rings (SSSR count). The van der Waals surface area contributed by atoms with Crippen LogP contribution in [0.25, 0.3) is 0 Å². The van der Waals surface area contributed by atoms with Crippen molar-refractivity contribution < 1.29 is 0 Å². The van der Waals surface area contributed by atoms with Crippen molar-refractivity contribution in [3.05, 3.63) is 18.2 Å². The lowest BCUT2D eigenvalue weighted by molar-refractivity contribution is 0.591. The Hall–Kier alpha value is -0.480. The largest absolute Gasteiger partial charge is 0.331 e. The highest BCUT2D eigenvalue weighted by Crippen LogP contribution is 2.36. The number of nitrogens with two attached hydrogens (primary N) is 1. The number of nitrogens with zero attached hydrogens (tertiary/aromatic N) is 2. The van der Waals surface area contributed by atoms with Crippen LogP contribution in [0.15, 0.2) is 12.5 Å². The van der Waals surface area contributed by atoms with Gasteiger partial charge in [-0.1, -0.05) is 0 Å². The third-order valence-corrected chi connectivity index (χ3v) is 3.86. The van der Waals surface area contributed by atoms with E-state index in [9.17, 15) is 0 Å². The van der Waals surface area contributed by atoms with Gasteiger partial charge in [-0.15, -0.1) is 0 Å². The summed E-state index contributed by atoms with van der Waals surface area (Å²) >= 11 is 1.89. The maximum Gasteiger partial charge on any atom is 0.0951 e. The Morgan fingerprint density at radius 2 is 2.33 bits per heavy atom. The van der Waals surface area contributed by atoms with Crippen LogP contribution in [0.5, 0.6) is 0 Å². The predicted molar refractivity (Wildman–Crippen MR) is 64.9 cm³/mol. The van der Waals surface area contributed by atoms with Crippen LogP contribution in [0.2, 0.25) is 0 Å². The molecule has 3 nitrogen and oxygen atoms in total. The Balaban J connectivity index is 1.85. The molecule has 0 radical (unpaired) electrons. The summed E-state index contributed by atoms with van der Waals surface area (Å²) in [5.74, 6) is 2.01. The van der Waals surface area contributed by atoms with Crippen LogP contribution in [0.3, 0.4) is 0 Å². The van der Waals surface area contributed by atoms with E-state index in [2.05, 4.69) is 23.4 Å². The standard InChI is InChI=1S/C11H19N3S/c1-11(2,12)7-15-6-10-5-13-8-14(10)9-3-4-9/h5,8-9H,3-4,6-7,12H2,1-2H3. The summed E-state index contributed by atoms with van der Waals surface area (Å²) in [5.41, 5.74) is 7.21. The van der Waals surface area contributed by atoms with Gasteiger partial charge in [-0.3, -0.25) is 0 Å². The van der Waals surface area contributed by atoms with Crippen molar-refractivity contribution in [3.8, 4) is 0 Å². The van der Waals surface area contributed by atoms with Gasteiger partial charge < -0.3 is 10.3 Å². The summed E-state index contributed by atoms with van der Waals surface area (Å²) in [4.78, 5) is 4.22. The molecule has 0 aromatic carbocycles. The monoisotopic (exact) mass is 225 g/mol.